The van der Waals surface area contributed by atoms with Gasteiger partial charge >= 0.3 is 6.09 Å². The maximum atomic E-state index is 13.0. The van der Waals surface area contributed by atoms with Gasteiger partial charge in [0.2, 0.25) is 5.91 Å². The lowest BCUT2D eigenvalue weighted by Gasteiger charge is -2.35. The van der Waals surface area contributed by atoms with Crippen LogP contribution in [-0.4, -0.2) is 57.3 Å². The highest BCUT2D eigenvalue weighted by Gasteiger charge is 2.56. The first-order valence-corrected chi connectivity index (χ1v) is 9.54. The number of amides is 2. The molecule has 0 unspecified atom stereocenters. The highest BCUT2D eigenvalue weighted by atomic mass is 16.6. The van der Waals surface area contributed by atoms with E-state index in [2.05, 4.69) is 11.2 Å². The van der Waals surface area contributed by atoms with E-state index in [4.69, 9.17) is 4.84 Å². The lowest BCUT2D eigenvalue weighted by molar-refractivity contribution is -0.137. The lowest BCUT2D eigenvalue weighted by atomic mass is 9.96. The quantitative estimate of drug-likeness (QED) is 0.804. The molecule has 0 radical (unpaired) electrons. The molecule has 8 nitrogen and oxygen atoms in total. The predicted molar refractivity (Wildman–Crippen MR) is 99.2 cm³/mol. The number of nitrogens with zero attached hydrogens (tertiary/aromatic N) is 4. The van der Waals surface area contributed by atoms with Gasteiger partial charge in [-0.2, -0.15) is 5.26 Å². The van der Waals surface area contributed by atoms with Gasteiger partial charge in [-0.1, -0.05) is 35.5 Å². The summed E-state index contributed by atoms with van der Waals surface area (Å²) < 4.78 is 0. The van der Waals surface area contributed by atoms with Crippen LogP contribution >= 0.6 is 0 Å². The summed E-state index contributed by atoms with van der Waals surface area (Å²) in [6.07, 6.45) is 1.41. The Hall–Kier alpha value is -3.08. The SMILES string of the molecule is N#C[C@@H]1CCCN1C(=O)[C@@H]1[C@@H]2CC(=NOCc3ccccc3)[C@@H](C2)N1C(=O)O. The van der Waals surface area contributed by atoms with Crippen LogP contribution in [0.2, 0.25) is 0 Å². The lowest BCUT2D eigenvalue weighted by Crippen LogP contribution is -2.56. The second-order valence-electron chi connectivity index (χ2n) is 7.51. The number of likely N-dealkylation sites (tertiary alicyclic amines) is 2. The van der Waals surface area contributed by atoms with Gasteiger partial charge in [-0.05, 0) is 37.2 Å². The Morgan fingerprint density at radius 1 is 1.32 bits per heavy atom. The number of nitriles is 1. The number of hydrogen-bond donors (Lipinski definition) is 1. The van der Waals surface area contributed by atoms with Gasteiger partial charge < -0.3 is 14.8 Å². The van der Waals surface area contributed by atoms with E-state index in [1.54, 1.807) is 4.90 Å². The van der Waals surface area contributed by atoms with E-state index in [1.807, 2.05) is 30.3 Å². The molecule has 1 N–H and O–H groups in total. The monoisotopic (exact) mass is 382 g/mol. The normalized spacial score (nSPS) is 29.9. The molecule has 0 spiro atoms. The minimum atomic E-state index is -1.13. The van der Waals surface area contributed by atoms with Gasteiger partial charge in [0.05, 0.1) is 17.8 Å². The maximum absolute atomic E-state index is 13.0. The molecule has 146 valence electrons. The van der Waals surface area contributed by atoms with Crippen LogP contribution in [0.5, 0.6) is 0 Å². The Bertz CT molecular complexity index is 834. The minimum Gasteiger partial charge on any atom is -0.465 e. The third kappa shape index (κ3) is 3.17. The largest absolute Gasteiger partial charge is 0.465 e. The van der Waals surface area contributed by atoms with E-state index in [-0.39, 0.29) is 11.8 Å². The molecular weight excluding hydrogens is 360 g/mol. The first kappa shape index (κ1) is 18.3. The number of carbonyl (C=O) groups is 2. The summed E-state index contributed by atoms with van der Waals surface area (Å²) in [4.78, 5) is 33.1. The van der Waals surface area contributed by atoms with E-state index < -0.39 is 24.2 Å². The van der Waals surface area contributed by atoms with Crippen LogP contribution in [0.3, 0.4) is 0 Å². The van der Waals surface area contributed by atoms with Crippen LogP contribution in [-0.2, 0) is 16.2 Å². The van der Waals surface area contributed by atoms with Crippen molar-refractivity contribution in [2.75, 3.05) is 6.54 Å². The molecule has 8 heteroatoms. The van der Waals surface area contributed by atoms with Crippen molar-refractivity contribution in [3.05, 3.63) is 35.9 Å². The number of benzene rings is 1. The second kappa shape index (κ2) is 7.50. The molecule has 2 aliphatic heterocycles. The third-order valence-electron chi connectivity index (χ3n) is 5.88. The van der Waals surface area contributed by atoms with Gasteiger partial charge in [0.1, 0.15) is 18.7 Å². The van der Waals surface area contributed by atoms with Crippen LogP contribution in [0.25, 0.3) is 0 Å². The summed E-state index contributed by atoms with van der Waals surface area (Å²) in [5.41, 5.74) is 1.65. The molecule has 4 rings (SSSR count). The smallest absolute Gasteiger partial charge is 0.408 e. The molecule has 3 aliphatic rings. The van der Waals surface area contributed by atoms with Crippen LogP contribution in [0, 0.1) is 17.2 Å². The summed E-state index contributed by atoms with van der Waals surface area (Å²) >= 11 is 0. The molecule has 28 heavy (non-hydrogen) atoms. The maximum Gasteiger partial charge on any atom is 0.408 e. The molecule has 1 aliphatic carbocycles. The van der Waals surface area contributed by atoms with E-state index >= 15 is 0 Å². The molecule has 2 amide bonds. The number of fused-ring (bicyclic) bond motifs is 2. The Kier molecular flexibility index (Phi) is 4.90. The molecule has 1 aromatic rings. The zero-order valence-corrected chi connectivity index (χ0v) is 15.4. The minimum absolute atomic E-state index is 0.118. The Morgan fingerprint density at radius 2 is 2.11 bits per heavy atom. The van der Waals surface area contributed by atoms with E-state index in [0.717, 1.165) is 12.0 Å². The van der Waals surface area contributed by atoms with E-state index in [9.17, 15) is 20.0 Å². The Morgan fingerprint density at radius 3 is 2.82 bits per heavy atom. The van der Waals surface area contributed by atoms with Crippen molar-refractivity contribution in [1.82, 2.24) is 9.80 Å². The van der Waals surface area contributed by atoms with Crippen LogP contribution in [0.1, 0.15) is 31.2 Å². The molecule has 2 saturated heterocycles. The number of oxime groups is 1. The first-order chi connectivity index (χ1) is 13.6. The molecular formula is C20H22N4O4. The molecule has 0 aromatic heterocycles. The van der Waals surface area contributed by atoms with Crippen molar-refractivity contribution in [2.45, 2.75) is 50.4 Å². The number of hydrogen-bond acceptors (Lipinski definition) is 5. The molecule has 2 heterocycles. The van der Waals surface area contributed by atoms with Gasteiger partial charge in [-0.25, -0.2) is 4.79 Å². The molecule has 2 bridgehead atoms. The summed E-state index contributed by atoms with van der Waals surface area (Å²) in [5, 5.41) is 23.2. The molecule has 3 fully saturated rings. The van der Waals surface area contributed by atoms with Crippen molar-refractivity contribution in [1.29, 1.82) is 5.26 Å². The summed E-state index contributed by atoms with van der Waals surface area (Å²) in [6.45, 7) is 0.828. The Balaban J connectivity index is 1.47. The van der Waals surface area contributed by atoms with Crippen molar-refractivity contribution >= 4 is 17.7 Å². The number of carbonyl (C=O) groups excluding carboxylic acids is 1. The first-order valence-electron chi connectivity index (χ1n) is 9.54. The standard InChI is InChI=1S/C20H22N4O4/c21-11-15-7-4-8-23(15)19(25)18-14-9-16(17(10-14)24(18)20(26)27)22-28-12-13-5-2-1-3-6-13/h1-3,5-6,14-15,17-18H,4,7-10,12H2,(H,26,27)/t14-,15+,17-,18+/m1/s1. The number of carboxylic acid groups (broad SMARTS) is 1. The highest BCUT2D eigenvalue weighted by Crippen LogP contribution is 2.42. The third-order valence-corrected chi connectivity index (χ3v) is 5.88. The molecule has 1 aromatic carbocycles. The van der Waals surface area contributed by atoms with Crippen LogP contribution in [0.4, 0.5) is 4.79 Å². The van der Waals surface area contributed by atoms with Crippen LogP contribution < -0.4 is 0 Å². The van der Waals surface area contributed by atoms with Crippen molar-refractivity contribution in [3.8, 4) is 6.07 Å². The van der Waals surface area contributed by atoms with Crippen molar-refractivity contribution in [2.24, 2.45) is 11.1 Å². The van der Waals surface area contributed by atoms with Crippen molar-refractivity contribution in [3.63, 3.8) is 0 Å². The van der Waals surface area contributed by atoms with E-state index in [1.165, 1.54) is 4.90 Å². The van der Waals surface area contributed by atoms with Gasteiger partial charge in [0, 0.05) is 6.54 Å². The molecule has 1 saturated carbocycles. The number of rotatable bonds is 4. The fourth-order valence-corrected chi connectivity index (χ4v) is 4.62. The number of piperidine rings is 1. The highest BCUT2D eigenvalue weighted by molar-refractivity contribution is 5.99. The topological polar surface area (TPSA) is 106 Å². The average Bonchev–Trinajstić information content (AvgIpc) is 3.42. The predicted octanol–water partition coefficient (Wildman–Crippen LogP) is 2.21. The van der Waals surface area contributed by atoms with Gasteiger partial charge in [-0.3, -0.25) is 9.69 Å². The average molecular weight is 382 g/mol. The van der Waals surface area contributed by atoms with Gasteiger partial charge in [0.15, 0.2) is 0 Å². The van der Waals surface area contributed by atoms with Gasteiger partial charge in [0.25, 0.3) is 0 Å². The fourth-order valence-electron chi connectivity index (χ4n) is 4.62. The molecule has 4 atom stereocenters. The van der Waals surface area contributed by atoms with Gasteiger partial charge in [-0.15, -0.1) is 0 Å². The summed E-state index contributed by atoms with van der Waals surface area (Å²) in [5.74, 6) is -0.365. The zero-order valence-electron chi connectivity index (χ0n) is 15.4. The van der Waals surface area contributed by atoms with Crippen molar-refractivity contribution < 1.29 is 19.5 Å². The summed E-state index contributed by atoms with van der Waals surface area (Å²) in [7, 11) is 0. The zero-order chi connectivity index (χ0) is 19.7. The van der Waals surface area contributed by atoms with E-state index in [0.29, 0.717) is 38.1 Å². The Labute approximate surface area is 163 Å². The second-order valence-corrected chi connectivity index (χ2v) is 7.51. The fraction of sp³-hybridized carbons (Fsp3) is 0.500. The summed E-state index contributed by atoms with van der Waals surface area (Å²) in [6, 6.07) is 10.1. The van der Waals surface area contributed by atoms with Crippen LogP contribution in [0.15, 0.2) is 35.5 Å².